The van der Waals surface area contributed by atoms with Crippen LogP contribution in [-0.2, 0) is 0 Å². The molecule has 1 aliphatic rings. The van der Waals surface area contributed by atoms with E-state index in [0.717, 1.165) is 23.1 Å². The number of thioether (sulfide) groups is 1. The number of rotatable bonds is 4. The number of hydrogen-bond acceptors (Lipinski definition) is 3. The first-order valence-corrected chi connectivity index (χ1v) is 8.21. The first-order valence-electron chi connectivity index (χ1n) is 7.16. The molecule has 102 valence electrons. The SMILES string of the molecule is CC(NCC1CCCCS1)c1cc2ccccc2o1. The third kappa shape index (κ3) is 3.15. The Balaban J connectivity index is 1.61. The summed E-state index contributed by atoms with van der Waals surface area (Å²) in [5, 5.41) is 5.59. The van der Waals surface area contributed by atoms with Gasteiger partial charge in [0, 0.05) is 17.2 Å². The Morgan fingerprint density at radius 2 is 2.26 bits per heavy atom. The highest BCUT2D eigenvalue weighted by Gasteiger charge is 2.16. The van der Waals surface area contributed by atoms with Gasteiger partial charge in [0.15, 0.2) is 0 Å². The molecule has 0 spiro atoms. The summed E-state index contributed by atoms with van der Waals surface area (Å²) in [6, 6.07) is 10.6. The van der Waals surface area contributed by atoms with Crippen LogP contribution < -0.4 is 5.32 Å². The quantitative estimate of drug-likeness (QED) is 0.897. The molecule has 1 aromatic heterocycles. The van der Waals surface area contributed by atoms with Gasteiger partial charge in [0.05, 0.1) is 6.04 Å². The molecule has 19 heavy (non-hydrogen) atoms. The topological polar surface area (TPSA) is 25.2 Å². The smallest absolute Gasteiger partial charge is 0.134 e. The van der Waals surface area contributed by atoms with Gasteiger partial charge in [-0.15, -0.1) is 0 Å². The van der Waals surface area contributed by atoms with E-state index in [1.54, 1.807) is 0 Å². The lowest BCUT2D eigenvalue weighted by Crippen LogP contribution is -2.28. The molecule has 0 radical (unpaired) electrons. The second-order valence-corrected chi connectivity index (χ2v) is 6.71. The average molecular weight is 275 g/mol. The molecule has 1 fully saturated rings. The van der Waals surface area contributed by atoms with Crippen molar-refractivity contribution in [2.75, 3.05) is 12.3 Å². The molecule has 0 aliphatic carbocycles. The Labute approximate surface area is 118 Å². The van der Waals surface area contributed by atoms with Crippen molar-refractivity contribution in [2.45, 2.75) is 37.5 Å². The Bertz CT molecular complexity index is 497. The normalized spacial score (nSPS) is 21.6. The van der Waals surface area contributed by atoms with E-state index in [-0.39, 0.29) is 6.04 Å². The summed E-state index contributed by atoms with van der Waals surface area (Å²) in [7, 11) is 0. The highest BCUT2D eigenvalue weighted by atomic mass is 32.2. The molecule has 1 N–H and O–H groups in total. The molecule has 2 aromatic rings. The van der Waals surface area contributed by atoms with E-state index in [0.29, 0.717) is 0 Å². The summed E-state index contributed by atoms with van der Waals surface area (Å²) < 4.78 is 5.90. The van der Waals surface area contributed by atoms with Crippen molar-refractivity contribution >= 4 is 22.7 Å². The van der Waals surface area contributed by atoms with Gasteiger partial charge in [-0.1, -0.05) is 24.6 Å². The lowest BCUT2D eigenvalue weighted by atomic mass is 10.1. The predicted octanol–water partition coefficient (Wildman–Crippen LogP) is 4.37. The molecule has 0 bridgehead atoms. The van der Waals surface area contributed by atoms with Gasteiger partial charge < -0.3 is 9.73 Å². The molecule has 2 nitrogen and oxygen atoms in total. The molecule has 2 unspecified atom stereocenters. The van der Waals surface area contributed by atoms with Crippen LogP contribution in [0.3, 0.4) is 0 Å². The summed E-state index contributed by atoms with van der Waals surface area (Å²) >= 11 is 2.11. The third-order valence-electron chi connectivity index (χ3n) is 3.80. The zero-order valence-corrected chi connectivity index (χ0v) is 12.2. The fraction of sp³-hybridized carbons (Fsp3) is 0.500. The summed E-state index contributed by atoms with van der Waals surface area (Å²) in [5.74, 6) is 2.37. The minimum absolute atomic E-state index is 0.287. The van der Waals surface area contributed by atoms with Crippen LogP contribution in [0.1, 0.15) is 38.0 Å². The third-order valence-corrected chi connectivity index (χ3v) is 5.20. The molecule has 0 amide bonds. The number of nitrogens with one attached hydrogen (secondary N) is 1. The zero-order valence-electron chi connectivity index (χ0n) is 11.4. The highest BCUT2D eigenvalue weighted by molar-refractivity contribution is 7.99. The molecule has 1 aromatic carbocycles. The molecule has 3 rings (SSSR count). The van der Waals surface area contributed by atoms with Crippen LogP contribution in [0.2, 0.25) is 0 Å². The van der Waals surface area contributed by atoms with Crippen LogP contribution in [0.15, 0.2) is 34.7 Å². The van der Waals surface area contributed by atoms with Crippen molar-refractivity contribution in [3.63, 3.8) is 0 Å². The van der Waals surface area contributed by atoms with Crippen molar-refractivity contribution in [3.8, 4) is 0 Å². The maximum absolute atomic E-state index is 5.90. The molecule has 2 heterocycles. The number of benzene rings is 1. The van der Waals surface area contributed by atoms with Crippen molar-refractivity contribution in [1.29, 1.82) is 0 Å². The molecule has 1 saturated heterocycles. The number of hydrogen-bond donors (Lipinski definition) is 1. The van der Waals surface area contributed by atoms with Gasteiger partial charge in [0.25, 0.3) is 0 Å². The van der Waals surface area contributed by atoms with Crippen molar-refractivity contribution in [1.82, 2.24) is 5.32 Å². The number of para-hydroxylation sites is 1. The average Bonchev–Trinajstić information content (AvgIpc) is 2.90. The monoisotopic (exact) mass is 275 g/mol. The molecular weight excluding hydrogens is 254 g/mol. The molecule has 3 heteroatoms. The van der Waals surface area contributed by atoms with E-state index >= 15 is 0 Å². The van der Waals surface area contributed by atoms with Gasteiger partial charge in [0.2, 0.25) is 0 Å². The van der Waals surface area contributed by atoms with E-state index < -0.39 is 0 Å². The number of fused-ring (bicyclic) bond motifs is 1. The second-order valence-electron chi connectivity index (χ2n) is 5.31. The van der Waals surface area contributed by atoms with Gasteiger partial charge in [-0.3, -0.25) is 0 Å². The molecule has 1 aliphatic heterocycles. The fourth-order valence-corrected chi connectivity index (χ4v) is 3.84. The van der Waals surface area contributed by atoms with Crippen LogP contribution in [0, 0.1) is 0 Å². The van der Waals surface area contributed by atoms with Crippen LogP contribution in [0.25, 0.3) is 11.0 Å². The van der Waals surface area contributed by atoms with Crippen LogP contribution in [0.5, 0.6) is 0 Å². The predicted molar refractivity (Wildman–Crippen MR) is 82.7 cm³/mol. The van der Waals surface area contributed by atoms with E-state index in [1.165, 1.54) is 30.4 Å². The van der Waals surface area contributed by atoms with Crippen molar-refractivity contribution < 1.29 is 4.42 Å². The molecule has 0 saturated carbocycles. The van der Waals surface area contributed by atoms with Gasteiger partial charge >= 0.3 is 0 Å². The van der Waals surface area contributed by atoms with Crippen molar-refractivity contribution in [3.05, 3.63) is 36.1 Å². The molecule has 2 atom stereocenters. The fourth-order valence-electron chi connectivity index (χ4n) is 2.59. The van der Waals surface area contributed by atoms with E-state index in [2.05, 4.69) is 42.2 Å². The first kappa shape index (κ1) is 13.1. The van der Waals surface area contributed by atoms with Gasteiger partial charge in [-0.05, 0) is 37.7 Å². The Morgan fingerprint density at radius 3 is 3.05 bits per heavy atom. The van der Waals surface area contributed by atoms with Gasteiger partial charge in [-0.2, -0.15) is 11.8 Å². The second kappa shape index (κ2) is 6.02. The first-order chi connectivity index (χ1) is 9.33. The van der Waals surface area contributed by atoms with Gasteiger partial charge in [0.1, 0.15) is 11.3 Å². The maximum Gasteiger partial charge on any atom is 0.134 e. The lowest BCUT2D eigenvalue weighted by molar-refractivity contribution is 0.445. The van der Waals surface area contributed by atoms with E-state index in [1.807, 2.05) is 12.1 Å². The van der Waals surface area contributed by atoms with Crippen molar-refractivity contribution in [2.24, 2.45) is 0 Å². The van der Waals surface area contributed by atoms with E-state index in [4.69, 9.17) is 4.42 Å². The minimum Gasteiger partial charge on any atom is -0.459 e. The highest BCUT2D eigenvalue weighted by Crippen LogP contribution is 2.26. The van der Waals surface area contributed by atoms with E-state index in [9.17, 15) is 0 Å². The summed E-state index contributed by atoms with van der Waals surface area (Å²) in [5.41, 5.74) is 0.984. The standard InChI is InChI=1S/C16H21NOS/c1-12(17-11-14-7-4-5-9-19-14)16-10-13-6-2-3-8-15(13)18-16/h2-3,6,8,10,12,14,17H,4-5,7,9,11H2,1H3. The summed E-state index contributed by atoms with van der Waals surface area (Å²) in [6.45, 7) is 3.27. The van der Waals surface area contributed by atoms with Crippen LogP contribution >= 0.6 is 11.8 Å². The van der Waals surface area contributed by atoms with Crippen LogP contribution in [0.4, 0.5) is 0 Å². The largest absolute Gasteiger partial charge is 0.459 e. The maximum atomic E-state index is 5.90. The Morgan fingerprint density at radius 1 is 1.37 bits per heavy atom. The summed E-state index contributed by atoms with van der Waals surface area (Å²) in [6.07, 6.45) is 4.13. The minimum atomic E-state index is 0.287. The summed E-state index contributed by atoms with van der Waals surface area (Å²) in [4.78, 5) is 0. The van der Waals surface area contributed by atoms with Crippen LogP contribution in [-0.4, -0.2) is 17.5 Å². The lowest BCUT2D eigenvalue weighted by Gasteiger charge is -2.23. The Kier molecular flexibility index (Phi) is 4.14. The zero-order chi connectivity index (χ0) is 13.1. The van der Waals surface area contributed by atoms with Gasteiger partial charge in [-0.25, -0.2) is 0 Å². The Hall–Kier alpha value is -0.930. The number of furan rings is 1. The molecular formula is C16H21NOS.